The van der Waals surface area contributed by atoms with Gasteiger partial charge in [-0.05, 0) is 66.9 Å². The summed E-state index contributed by atoms with van der Waals surface area (Å²) in [5, 5.41) is 22.3. The number of anilines is 1. The van der Waals surface area contributed by atoms with Gasteiger partial charge in [-0.2, -0.15) is 5.26 Å². The highest BCUT2D eigenvalue weighted by Gasteiger charge is 2.11. The molecule has 0 fully saturated rings. The fourth-order valence-electron chi connectivity index (χ4n) is 2.16. The summed E-state index contributed by atoms with van der Waals surface area (Å²) >= 11 is 11.7. The molecule has 24 heavy (non-hydrogen) atoms. The minimum atomic E-state index is -0.556. The fourth-order valence-corrected chi connectivity index (χ4v) is 2.46. The van der Waals surface area contributed by atoms with Gasteiger partial charge in [0.15, 0.2) is 0 Å². The number of hydrogen-bond acceptors (Lipinski definition) is 3. The molecular formula is C18H14Cl2N2O2. The first-order valence-electron chi connectivity index (χ1n) is 7.00. The van der Waals surface area contributed by atoms with Crippen LogP contribution in [-0.2, 0) is 4.79 Å². The number of carbonyl (C=O) groups is 1. The van der Waals surface area contributed by atoms with Gasteiger partial charge in [0.25, 0.3) is 5.91 Å². The average molecular weight is 361 g/mol. The first-order valence-corrected chi connectivity index (χ1v) is 7.76. The van der Waals surface area contributed by atoms with Gasteiger partial charge in [-0.25, -0.2) is 0 Å². The van der Waals surface area contributed by atoms with E-state index in [0.717, 1.165) is 0 Å². The monoisotopic (exact) mass is 360 g/mol. The molecule has 4 nitrogen and oxygen atoms in total. The summed E-state index contributed by atoms with van der Waals surface area (Å²) in [5.74, 6) is -0.356. The Morgan fingerprint density at radius 3 is 2.33 bits per heavy atom. The summed E-state index contributed by atoms with van der Waals surface area (Å²) in [6.07, 6.45) is 1.46. The lowest BCUT2D eigenvalue weighted by molar-refractivity contribution is -0.112. The van der Waals surface area contributed by atoms with E-state index in [9.17, 15) is 15.2 Å². The third-order valence-electron chi connectivity index (χ3n) is 3.37. The number of benzene rings is 2. The van der Waals surface area contributed by atoms with Crippen LogP contribution in [0.2, 0.25) is 10.0 Å². The number of nitrogens with one attached hydrogen (secondary N) is 1. The Hall–Kier alpha value is -2.48. The molecule has 0 aliphatic rings. The Morgan fingerprint density at radius 1 is 1.17 bits per heavy atom. The third kappa shape index (κ3) is 4.08. The van der Waals surface area contributed by atoms with Crippen molar-refractivity contribution in [1.82, 2.24) is 0 Å². The van der Waals surface area contributed by atoms with Crippen LogP contribution in [0.25, 0.3) is 6.08 Å². The van der Waals surface area contributed by atoms with Crippen LogP contribution in [-0.4, -0.2) is 11.0 Å². The number of nitriles is 1. The molecule has 0 atom stereocenters. The maximum absolute atomic E-state index is 12.3. The molecule has 6 heteroatoms. The summed E-state index contributed by atoms with van der Waals surface area (Å²) in [5.41, 5.74) is 2.37. The van der Waals surface area contributed by atoms with Crippen LogP contribution in [0.1, 0.15) is 16.7 Å². The van der Waals surface area contributed by atoms with Crippen molar-refractivity contribution < 1.29 is 9.90 Å². The van der Waals surface area contributed by atoms with Gasteiger partial charge in [0.1, 0.15) is 17.4 Å². The molecule has 0 heterocycles. The van der Waals surface area contributed by atoms with Crippen molar-refractivity contribution in [3.8, 4) is 11.8 Å². The van der Waals surface area contributed by atoms with Crippen molar-refractivity contribution in [1.29, 1.82) is 5.26 Å². The van der Waals surface area contributed by atoms with Crippen molar-refractivity contribution in [2.24, 2.45) is 0 Å². The second-order valence-electron chi connectivity index (χ2n) is 5.26. The topological polar surface area (TPSA) is 73.1 Å². The number of amides is 1. The van der Waals surface area contributed by atoms with Crippen LogP contribution < -0.4 is 5.32 Å². The molecule has 2 N–H and O–H groups in total. The Labute approximate surface area is 149 Å². The second-order valence-corrected chi connectivity index (χ2v) is 6.07. The van der Waals surface area contributed by atoms with Crippen molar-refractivity contribution in [3.63, 3.8) is 0 Å². The molecule has 0 spiro atoms. The lowest BCUT2D eigenvalue weighted by atomic mass is 10.0. The van der Waals surface area contributed by atoms with Crippen molar-refractivity contribution in [3.05, 3.63) is 62.6 Å². The number of aryl methyl sites for hydroxylation is 2. The lowest BCUT2D eigenvalue weighted by Gasteiger charge is -2.07. The second kappa shape index (κ2) is 7.39. The minimum absolute atomic E-state index is 0.0643. The van der Waals surface area contributed by atoms with Crippen molar-refractivity contribution in [2.75, 3.05) is 5.32 Å². The molecule has 0 radical (unpaired) electrons. The molecule has 0 aliphatic carbocycles. The molecule has 0 aliphatic heterocycles. The van der Waals surface area contributed by atoms with Gasteiger partial charge < -0.3 is 10.4 Å². The molecule has 122 valence electrons. The highest BCUT2D eigenvalue weighted by Crippen LogP contribution is 2.26. The molecule has 0 aromatic heterocycles. The number of rotatable bonds is 3. The Kier molecular flexibility index (Phi) is 5.50. The summed E-state index contributed by atoms with van der Waals surface area (Å²) in [4.78, 5) is 12.3. The number of halogens is 2. The van der Waals surface area contributed by atoms with E-state index in [-0.39, 0.29) is 11.3 Å². The van der Waals surface area contributed by atoms with Crippen molar-refractivity contribution in [2.45, 2.75) is 13.8 Å². The van der Waals surface area contributed by atoms with E-state index in [4.69, 9.17) is 23.2 Å². The van der Waals surface area contributed by atoms with E-state index in [2.05, 4.69) is 5.32 Å². The fraction of sp³-hybridized carbons (Fsp3) is 0.111. The number of nitrogens with zero attached hydrogens (tertiary/aromatic N) is 1. The van der Waals surface area contributed by atoms with Crippen LogP contribution in [0.5, 0.6) is 5.75 Å². The standard InChI is InChI=1S/C18H14Cl2N2O2/c1-10-5-12(6-11(2)17(10)23)7-13(9-21)18(24)22-14-3-4-15(19)16(20)8-14/h3-8,23H,1-2H3,(H,22,24)/b13-7-. The van der Waals surface area contributed by atoms with Crippen LogP contribution in [0.3, 0.4) is 0 Å². The van der Waals surface area contributed by atoms with E-state index in [1.54, 1.807) is 38.1 Å². The quantitative estimate of drug-likeness (QED) is 0.606. The summed E-state index contributed by atoms with van der Waals surface area (Å²) in [7, 11) is 0. The zero-order valence-corrected chi connectivity index (χ0v) is 14.5. The van der Waals surface area contributed by atoms with Crippen LogP contribution in [0.15, 0.2) is 35.9 Å². The van der Waals surface area contributed by atoms with E-state index in [1.165, 1.54) is 12.1 Å². The smallest absolute Gasteiger partial charge is 0.266 e. The van der Waals surface area contributed by atoms with Crippen molar-refractivity contribution >= 4 is 40.9 Å². The largest absolute Gasteiger partial charge is 0.507 e. The van der Waals surface area contributed by atoms with E-state index < -0.39 is 5.91 Å². The predicted molar refractivity (Wildman–Crippen MR) is 96.3 cm³/mol. The van der Waals surface area contributed by atoms with E-state index >= 15 is 0 Å². The first-order chi connectivity index (χ1) is 11.3. The van der Waals surface area contributed by atoms with Crippen LogP contribution >= 0.6 is 23.2 Å². The Bertz CT molecular complexity index is 860. The highest BCUT2D eigenvalue weighted by molar-refractivity contribution is 6.42. The Morgan fingerprint density at radius 2 is 1.79 bits per heavy atom. The van der Waals surface area contributed by atoms with Gasteiger partial charge in [0.2, 0.25) is 0 Å². The van der Waals surface area contributed by atoms with E-state index in [0.29, 0.717) is 32.4 Å². The maximum Gasteiger partial charge on any atom is 0.266 e. The maximum atomic E-state index is 12.3. The zero-order chi connectivity index (χ0) is 17.9. The number of hydrogen-bond donors (Lipinski definition) is 2. The SMILES string of the molecule is Cc1cc(/C=C(/C#N)C(=O)Nc2ccc(Cl)c(Cl)c2)cc(C)c1O. The molecule has 2 aromatic rings. The van der Waals surface area contributed by atoms with Crippen LogP contribution in [0, 0.1) is 25.2 Å². The molecular weight excluding hydrogens is 347 g/mol. The molecule has 2 rings (SSSR count). The number of phenols is 1. The predicted octanol–water partition coefficient (Wildman–Crippen LogP) is 4.86. The normalized spacial score (nSPS) is 11.0. The molecule has 0 saturated heterocycles. The summed E-state index contributed by atoms with van der Waals surface area (Å²) < 4.78 is 0. The molecule has 2 aromatic carbocycles. The highest BCUT2D eigenvalue weighted by atomic mass is 35.5. The molecule has 0 unspecified atom stereocenters. The average Bonchev–Trinajstić information content (AvgIpc) is 2.53. The van der Waals surface area contributed by atoms with Gasteiger partial charge in [-0.3, -0.25) is 4.79 Å². The van der Waals surface area contributed by atoms with Gasteiger partial charge in [0.05, 0.1) is 10.0 Å². The lowest BCUT2D eigenvalue weighted by Crippen LogP contribution is -2.13. The molecule has 0 saturated carbocycles. The van der Waals surface area contributed by atoms with Gasteiger partial charge in [-0.15, -0.1) is 0 Å². The third-order valence-corrected chi connectivity index (χ3v) is 4.11. The summed E-state index contributed by atoms with van der Waals surface area (Å²) in [6.45, 7) is 3.50. The zero-order valence-electron chi connectivity index (χ0n) is 13.0. The van der Waals surface area contributed by atoms with Crippen LogP contribution in [0.4, 0.5) is 5.69 Å². The van der Waals surface area contributed by atoms with E-state index in [1.807, 2.05) is 6.07 Å². The number of phenolic OH excluding ortho intramolecular Hbond substituents is 1. The Balaban J connectivity index is 2.29. The summed E-state index contributed by atoms with van der Waals surface area (Å²) in [6, 6.07) is 9.93. The van der Waals surface area contributed by atoms with Gasteiger partial charge in [0, 0.05) is 5.69 Å². The molecule has 0 bridgehead atoms. The number of carbonyl (C=O) groups excluding carboxylic acids is 1. The minimum Gasteiger partial charge on any atom is -0.507 e. The molecule has 1 amide bonds. The number of aromatic hydroxyl groups is 1. The van der Waals surface area contributed by atoms with Gasteiger partial charge >= 0.3 is 0 Å². The van der Waals surface area contributed by atoms with Gasteiger partial charge in [-0.1, -0.05) is 23.2 Å². The first kappa shape index (κ1) is 17.9.